The zero-order valence-corrected chi connectivity index (χ0v) is 19.4. The van der Waals surface area contributed by atoms with Crippen molar-refractivity contribution < 1.29 is 14.3 Å². The quantitative estimate of drug-likeness (QED) is 0.491. The van der Waals surface area contributed by atoms with Crippen LogP contribution in [-0.4, -0.2) is 30.9 Å². The Bertz CT molecular complexity index is 1390. The van der Waals surface area contributed by atoms with Crippen molar-refractivity contribution >= 4 is 11.9 Å². The number of nitriles is 2. The van der Waals surface area contributed by atoms with E-state index in [2.05, 4.69) is 12.1 Å². The Morgan fingerprint density at radius 2 is 1.60 bits per heavy atom. The van der Waals surface area contributed by atoms with Crippen molar-refractivity contribution in [2.24, 2.45) is 5.41 Å². The summed E-state index contributed by atoms with van der Waals surface area (Å²) in [5, 5.41) is 21.1. The van der Waals surface area contributed by atoms with Crippen LogP contribution in [0.2, 0.25) is 0 Å². The van der Waals surface area contributed by atoms with Gasteiger partial charge in [-0.1, -0.05) is 54.6 Å². The average Bonchev–Trinajstić information content (AvgIpc) is 3.23. The van der Waals surface area contributed by atoms with Gasteiger partial charge in [0.1, 0.15) is 6.04 Å². The van der Waals surface area contributed by atoms with Gasteiger partial charge in [-0.3, -0.25) is 4.79 Å². The van der Waals surface area contributed by atoms with Crippen molar-refractivity contribution in [1.82, 2.24) is 4.90 Å². The van der Waals surface area contributed by atoms with Crippen LogP contribution >= 0.6 is 0 Å². The number of benzene rings is 3. The molecule has 0 saturated carbocycles. The van der Waals surface area contributed by atoms with E-state index >= 15 is 0 Å². The Morgan fingerprint density at radius 3 is 2.29 bits per heavy atom. The summed E-state index contributed by atoms with van der Waals surface area (Å²) in [6.45, 7) is 0. The third-order valence-corrected chi connectivity index (χ3v) is 7.04. The molecule has 3 atom stereocenters. The lowest BCUT2D eigenvalue weighted by molar-refractivity contribution is 0.0874. The minimum absolute atomic E-state index is 0.193. The van der Waals surface area contributed by atoms with Crippen molar-refractivity contribution in [2.45, 2.75) is 18.0 Å². The molecule has 1 fully saturated rings. The largest absolute Gasteiger partial charge is 0.493 e. The van der Waals surface area contributed by atoms with Crippen LogP contribution in [0, 0.1) is 28.1 Å². The van der Waals surface area contributed by atoms with Gasteiger partial charge in [-0.25, -0.2) is 0 Å². The maximum atomic E-state index is 14.2. The highest BCUT2D eigenvalue weighted by Crippen LogP contribution is 2.60. The summed E-state index contributed by atoms with van der Waals surface area (Å²) in [4.78, 5) is 16.1. The second kappa shape index (κ2) is 8.66. The summed E-state index contributed by atoms with van der Waals surface area (Å²) in [6.07, 6.45) is 3.79. The minimum Gasteiger partial charge on any atom is -0.493 e. The molecule has 3 aromatic carbocycles. The van der Waals surface area contributed by atoms with Gasteiger partial charge in [0, 0.05) is 17.7 Å². The lowest BCUT2D eigenvalue weighted by Crippen LogP contribution is -2.37. The van der Waals surface area contributed by atoms with Crippen LogP contribution in [0.15, 0.2) is 79.0 Å². The summed E-state index contributed by atoms with van der Waals surface area (Å²) in [5.74, 6) is 0.0833. The maximum Gasteiger partial charge on any atom is 0.186 e. The Kier molecular flexibility index (Phi) is 5.51. The van der Waals surface area contributed by atoms with E-state index < -0.39 is 23.4 Å². The Hall–Kier alpha value is -4.55. The van der Waals surface area contributed by atoms with Crippen LogP contribution in [0.1, 0.15) is 39.0 Å². The van der Waals surface area contributed by atoms with E-state index in [0.29, 0.717) is 17.1 Å². The number of Topliss-reactive ketones (excluding diaryl/α,β-unsaturated/α-hetero) is 1. The number of methoxy groups -OCH3 is 2. The summed E-state index contributed by atoms with van der Waals surface area (Å²) in [6, 6.07) is 25.5. The van der Waals surface area contributed by atoms with Gasteiger partial charge in [-0.05, 0) is 41.0 Å². The highest BCUT2D eigenvalue weighted by atomic mass is 16.5. The van der Waals surface area contributed by atoms with Gasteiger partial charge in [-0.15, -0.1) is 0 Å². The van der Waals surface area contributed by atoms with Gasteiger partial charge >= 0.3 is 0 Å². The summed E-state index contributed by atoms with van der Waals surface area (Å²) in [5.41, 5.74) is 1.51. The topological polar surface area (TPSA) is 86.3 Å². The average molecular weight is 462 g/mol. The number of hydrogen-bond acceptors (Lipinski definition) is 6. The van der Waals surface area contributed by atoms with Crippen LogP contribution in [0.3, 0.4) is 0 Å². The van der Waals surface area contributed by atoms with Gasteiger partial charge in [0.15, 0.2) is 22.7 Å². The van der Waals surface area contributed by atoms with Crippen molar-refractivity contribution in [2.75, 3.05) is 14.2 Å². The molecule has 6 heteroatoms. The second-order valence-corrected chi connectivity index (χ2v) is 8.65. The van der Waals surface area contributed by atoms with Crippen LogP contribution in [0.25, 0.3) is 6.08 Å². The Balaban J connectivity index is 1.74. The highest BCUT2D eigenvalue weighted by molar-refractivity contribution is 6.02. The smallest absolute Gasteiger partial charge is 0.186 e. The van der Waals surface area contributed by atoms with Crippen LogP contribution < -0.4 is 9.47 Å². The number of ketones is 1. The number of carbonyl (C=O) groups is 1. The number of carbonyl (C=O) groups excluding carboxylic acids is 1. The molecule has 0 bridgehead atoms. The zero-order chi connectivity index (χ0) is 24.6. The Morgan fingerprint density at radius 1 is 0.914 bits per heavy atom. The van der Waals surface area contributed by atoms with Gasteiger partial charge in [0.05, 0.1) is 32.4 Å². The molecule has 5 rings (SSSR count). The van der Waals surface area contributed by atoms with E-state index in [9.17, 15) is 15.3 Å². The molecule has 6 nitrogen and oxygen atoms in total. The van der Waals surface area contributed by atoms with E-state index in [0.717, 1.165) is 16.7 Å². The predicted octanol–water partition coefficient (Wildman–Crippen LogP) is 5.11. The first-order chi connectivity index (χ1) is 17.1. The third kappa shape index (κ3) is 3.26. The molecule has 0 aromatic heterocycles. The van der Waals surface area contributed by atoms with E-state index in [4.69, 9.17) is 9.47 Å². The number of rotatable bonds is 5. The first-order valence-corrected chi connectivity index (χ1v) is 11.3. The molecule has 0 amide bonds. The van der Waals surface area contributed by atoms with Crippen molar-refractivity contribution in [3.63, 3.8) is 0 Å². The van der Waals surface area contributed by atoms with E-state index in [1.807, 2.05) is 71.8 Å². The molecule has 1 saturated heterocycles. The monoisotopic (exact) mass is 461 g/mol. The van der Waals surface area contributed by atoms with Crippen LogP contribution in [-0.2, 0) is 0 Å². The van der Waals surface area contributed by atoms with E-state index in [1.165, 1.54) is 14.2 Å². The van der Waals surface area contributed by atoms with E-state index in [-0.39, 0.29) is 5.78 Å². The molecule has 3 aromatic rings. The number of fused-ring (bicyclic) bond motifs is 3. The van der Waals surface area contributed by atoms with Gasteiger partial charge in [-0.2, -0.15) is 10.5 Å². The fourth-order valence-corrected chi connectivity index (χ4v) is 5.49. The molecular formula is C29H23N3O3. The fraction of sp³-hybridized carbons (Fsp3) is 0.207. The normalized spacial score (nSPS) is 21.3. The van der Waals surface area contributed by atoms with E-state index in [1.54, 1.807) is 18.2 Å². The number of ether oxygens (including phenoxy) is 2. The van der Waals surface area contributed by atoms with Crippen LogP contribution in [0.5, 0.6) is 11.5 Å². The molecular weight excluding hydrogens is 438 g/mol. The number of nitrogens with zero attached hydrogens (tertiary/aromatic N) is 3. The number of hydrogen-bond donors (Lipinski definition) is 0. The molecule has 2 heterocycles. The van der Waals surface area contributed by atoms with Crippen molar-refractivity contribution in [1.29, 1.82) is 10.5 Å². The fourth-order valence-electron chi connectivity index (χ4n) is 5.49. The second-order valence-electron chi connectivity index (χ2n) is 8.65. The standard InChI is InChI=1S/C29H23N3O3/c1-34-23-13-12-21(16-24(23)35-2)27(33)26-25(20-9-4-3-5-10-20)29(17-30,18-31)28-22-11-7-6-8-19(22)14-15-32(26)28/h3-16,25-26,28H,1-2H3/t25-,26+,28-/m0/s1. The zero-order valence-electron chi connectivity index (χ0n) is 19.4. The molecule has 0 aliphatic carbocycles. The maximum absolute atomic E-state index is 14.2. The van der Waals surface area contributed by atoms with Crippen LogP contribution in [0.4, 0.5) is 0 Å². The van der Waals surface area contributed by atoms with Crippen molar-refractivity contribution in [3.05, 3.63) is 101 Å². The molecule has 35 heavy (non-hydrogen) atoms. The summed E-state index contributed by atoms with van der Waals surface area (Å²) < 4.78 is 10.8. The molecule has 0 spiro atoms. The third-order valence-electron chi connectivity index (χ3n) is 7.04. The molecule has 0 unspecified atom stereocenters. The van der Waals surface area contributed by atoms with Gasteiger partial charge in [0.25, 0.3) is 0 Å². The van der Waals surface area contributed by atoms with Crippen molar-refractivity contribution in [3.8, 4) is 23.6 Å². The lowest BCUT2D eigenvalue weighted by atomic mass is 9.67. The molecule has 0 radical (unpaired) electrons. The molecule has 0 N–H and O–H groups in total. The molecule has 2 aliphatic rings. The van der Waals surface area contributed by atoms with Gasteiger partial charge in [0.2, 0.25) is 0 Å². The lowest BCUT2D eigenvalue weighted by Gasteiger charge is -2.34. The predicted molar refractivity (Wildman–Crippen MR) is 131 cm³/mol. The molecule has 172 valence electrons. The highest BCUT2D eigenvalue weighted by Gasteiger charge is 2.63. The first kappa shape index (κ1) is 22.3. The Labute approximate surface area is 204 Å². The SMILES string of the molecule is COc1ccc(C(=O)[C@H]2[C@H](c3ccccc3)C(C#N)(C#N)[C@@H]3c4ccccc4C=CN32)cc1OC. The summed E-state index contributed by atoms with van der Waals surface area (Å²) in [7, 11) is 3.06. The minimum atomic E-state index is -1.49. The van der Waals surface area contributed by atoms with Gasteiger partial charge < -0.3 is 14.4 Å². The molecule has 2 aliphatic heterocycles. The first-order valence-electron chi connectivity index (χ1n) is 11.3. The summed E-state index contributed by atoms with van der Waals surface area (Å²) >= 11 is 0.